The molecule has 2 aromatic heterocycles. The van der Waals surface area contributed by atoms with Crippen LogP contribution in [0.5, 0.6) is 0 Å². The van der Waals surface area contributed by atoms with E-state index >= 15 is 0 Å². The molecule has 2 atom stereocenters. The molecule has 192 valence electrons. The van der Waals surface area contributed by atoms with Crippen molar-refractivity contribution in [3.8, 4) is 16.8 Å². The van der Waals surface area contributed by atoms with Gasteiger partial charge in [0.1, 0.15) is 17.6 Å². The van der Waals surface area contributed by atoms with Crippen LogP contribution in [0.1, 0.15) is 24.4 Å². The predicted molar refractivity (Wildman–Crippen MR) is 144 cm³/mol. The summed E-state index contributed by atoms with van der Waals surface area (Å²) in [6.45, 7) is 2.12. The van der Waals surface area contributed by atoms with Crippen LogP contribution in [-0.4, -0.2) is 43.2 Å². The van der Waals surface area contributed by atoms with Crippen molar-refractivity contribution in [1.29, 1.82) is 0 Å². The van der Waals surface area contributed by atoms with Gasteiger partial charge in [-0.15, -0.1) is 0 Å². The van der Waals surface area contributed by atoms with Crippen molar-refractivity contribution < 1.29 is 13.9 Å². The Morgan fingerprint density at radius 1 is 1.00 bits per heavy atom. The molecule has 10 heteroatoms. The highest BCUT2D eigenvalue weighted by Gasteiger charge is 2.41. The van der Waals surface area contributed by atoms with E-state index < -0.39 is 12.3 Å². The van der Waals surface area contributed by atoms with Crippen LogP contribution in [0.2, 0.25) is 0 Å². The molecule has 1 fully saturated rings. The second-order valence-corrected chi connectivity index (χ2v) is 10.1. The Kier molecular flexibility index (Phi) is 6.21. The van der Waals surface area contributed by atoms with E-state index in [0.29, 0.717) is 24.2 Å². The van der Waals surface area contributed by atoms with Gasteiger partial charge < -0.3 is 19.6 Å². The van der Waals surface area contributed by atoms with Gasteiger partial charge >= 0.3 is 5.69 Å². The van der Waals surface area contributed by atoms with Crippen LogP contribution in [0.4, 0.5) is 4.39 Å². The van der Waals surface area contributed by atoms with E-state index in [-0.39, 0.29) is 17.4 Å². The van der Waals surface area contributed by atoms with Gasteiger partial charge in [-0.3, -0.25) is 4.79 Å². The molecular formula is C28H23BrFN5O3. The quantitative estimate of drug-likeness (QED) is 0.294. The zero-order valence-corrected chi connectivity index (χ0v) is 21.9. The summed E-state index contributed by atoms with van der Waals surface area (Å²) in [7, 11) is 0. The van der Waals surface area contributed by atoms with E-state index in [0.717, 1.165) is 32.4 Å². The second kappa shape index (κ2) is 9.70. The minimum absolute atomic E-state index is 0.130. The second-order valence-electron chi connectivity index (χ2n) is 9.23. The van der Waals surface area contributed by atoms with Crippen LogP contribution in [0.3, 0.4) is 0 Å². The van der Waals surface area contributed by atoms with Gasteiger partial charge in [-0.25, -0.2) is 13.9 Å². The zero-order chi connectivity index (χ0) is 26.4. The van der Waals surface area contributed by atoms with Gasteiger partial charge in [-0.1, -0.05) is 34.1 Å². The van der Waals surface area contributed by atoms with Crippen LogP contribution >= 0.6 is 15.9 Å². The molecule has 6 rings (SSSR count). The summed E-state index contributed by atoms with van der Waals surface area (Å²) in [5.41, 5.74) is 5.07. The molecule has 2 N–H and O–H groups in total. The first-order chi connectivity index (χ1) is 18.4. The van der Waals surface area contributed by atoms with E-state index in [1.54, 1.807) is 28.6 Å². The molecule has 1 aliphatic heterocycles. The Labute approximate surface area is 225 Å². The molecule has 0 aliphatic carbocycles. The van der Waals surface area contributed by atoms with Crippen molar-refractivity contribution in [3.05, 3.63) is 105 Å². The molecule has 1 saturated heterocycles. The number of aromatic nitrogens is 4. The maximum atomic E-state index is 13.7. The fourth-order valence-electron chi connectivity index (χ4n) is 4.75. The Morgan fingerprint density at radius 3 is 2.50 bits per heavy atom. The molecule has 8 nitrogen and oxygen atoms in total. The van der Waals surface area contributed by atoms with Crippen molar-refractivity contribution in [1.82, 2.24) is 24.6 Å². The average molecular weight is 576 g/mol. The van der Waals surface area contributed by atoms with Gasteiger partial charge in [0.25, 0.3) is 5.91 Å². The first kappa shape index (κ1) is 24.3. The number of imidazole rings is 1. The topological polar surface area (TPSA) is 96.0 Å². The number of fused-ring (bicyclic) bond motifs is 1. The van der Waals surface area contributed by atoms with Crippen molar-refractivity contribution in [2.75, 3.05) is 6.54 Å². The third-order valence-corrected chi connectivity index (χ3v) is 7.22. The Bertz CT molecular complexity index is 1690. The van der Waals surface area contributed by atoms with Crippen LogP contribution in [0.25, 0.3) is 27.8 Å². The standard InChI is InChI=1S/C28H23BrFN5O3/c1-16-26(36)34(13-12-17-2-11-23-24(14-17)32-28(37)31-23)27(38-16)25-22(18-3-7-20(30)8-4-18)15-35(33-25)21-9-5-19(29)6-10-21/h2-11,14-16,27H,12-13H2,1H3,(H2,31,32,37)/t16-,27+/m1/s1. The van der Waals surface area contributed by atoms with Crippen LogP contribution in [0, 0.1) is 5.82 Å². The maximum absolute atomic E-state index is 13.7. The molecular weight excluding hydrogens is 553 g/mol. The fraction of sp³-hybridized carbons (Fsp3) is 0.179. The molecule has 0 radical (unpaired) electrons. The lowest BCUT2D eigenvalue weighted by Gasteiger charge is -2.23. The van der Waals surface area contributed by atoms with E-state index in [1.165, 1.54) is 12.1 Å². The molecule has 0 spiro atoms. The molecule has 3 heterocycles. The van der Waals surface area contributed by atoms with Crippen molar-refractivity contribution in [2.24, 2.45) is 0 Å². The number of rotatable bonds is 6. The minimum Gasteiger partial charge on any atom is -0.339 e. The van der Waals surface area contributed by atoms with E-state index in [9.17, 15) is 14.0 Å². The number of ether oxygens (including phenoxy) is 1. The van der Waals surface area contributed by atoms with Gasteiger partial charge in [0.05, 0.1) is 16.7 Å². The molecule has 1 amide bonds. The molecule has 0 unspecified atom stereocenters. The lowest BCUT2D eigenvalue weighted by Crippen LogP contribution is -2.32. The third kappa shape index (κ3) is 4.57. The predicted octanol–water partition coefficient (Wildman–Crippen LogP) is 5.10. The first-order valence-corrected chi connectivity index (χ1v) is 12.9. The molecule has 1 aliphatic rings. The molecule has 38 heavy (non-hydrogen) atoms. The first-order valence-electron chi connectivity index (χ1n) is 12.1. The summed E-state index contributed by atoms with van der Waals surface area (Å²) >= 11 is 3.46. The van der Waals surface area contributed by atoms with Crippen molar-refractivity contribution >= 4 is 32.9 Å². The summed E-state index contributed by atoms with van der Waals surface area (Å²) in [5, 5.41) is 4.85. The molecule has 0 bridgehead atoms. The summed E-state index contributed by atoms with van der Waals surface area (Å²) in [5.74, 6) is -0.465. The third-order valence-electron chi connectivity index (χ3n) is 6.69. The molecule has 0 saturated carbocycles. The normalized spacial score (nSPS) is 17.6. The number of hydrogen-bond acceptors (Lipinski definition) is 4. The van der Waals surface area contributed by atoms with Gasteiger partial charge in [-0.05, 0) is 73.0 Å². The van der Waals surface area contributed by atoms with Crippen molar-refractivity contribution in [2.45, 2.75) is 25.7 Å². The van der Waals surface area contributed by atoms with E-state index in [1.807, 2.05) is 48.7 Å². The fourth-order valence-corrected chi connectivity index (χ4v) is 5.01. The summed E-state index contributed by atoms with van der Waals surface area (Å²) in [6, 6.07) is 19.6. The summed E-state index contributed by atoms with van der Waals surface area (Å²) < 4.78 is 22.6. The van der Waals surface area contributed by atoms with Crippen LogP contribution in [-0.2, 0) is 16.0 Å². The molecule has 5 aromatic rings. The van der Waals surface area contributed by atoms with Crippen LogP contribution < -0.4 is 5.69 Å². The van der Waals surface area contributed by atoms with Gasteiger partial charge in [0.2, 0.25) is 0 Å². The van der Waals surface area contributed by atoms with Gasteiger partial charge in [0, 0.05) is 22.8 Å². The highest BCUT2D eigenvalue weighted by molar-refractivity contribution is 9.10. The van der Waals surface area contributed by atoms with E-state index in [2.05, 4.69) is 25.9 Å². The number of nitrogens with one attached hydrogen (secondary N) is 2. The smallest absolute Gasteiger partial charge is 0.323 e. The number of carbonyl (C=O) groups excluding carboxylic acids is 1. The number of halogens is 2. The number of benzene rings is 3. The van der Waals surface area contributed by atoms with Crippen molar-refractivity contribution in [3.63, 3.8) is 0 Å². The zero-order valence-electron chi connectivity index (χ0n) is 20.3. The lowest BCUT2D eigenvalue weighted by atomic mass is 10.1. The largest absolute Gasteiger partial charge is 0.339 e. The van der Waals surface area contributed by atoms with Crippen LogP contribution in [0.15, 0.2) is 82.2 Å². The van der Waals surface area contributed by atoms with Gasteiger partial charge in [-0.2, -0.15) is 5.10 Å². The SMILES string of the molecule is C[C@H]1O[C@@H](c2nn(-c3ccc(Br)cc3)cc2-c2ccc(F)cc2)N(CCc2ccc3[nH]c(=O)[nH]c3c2)C1=O. The maximum Gasteiger partial charge on any atom is 0.323 e. The number of aromatic amines is 2. The average Bonchev–Trinajstić information content (AvgIpc) is 3.58. The number of carbonyl (C=O) groups is 1. The Morgan fingerprint density at radius 2 is 1.74 bits per heavy atom. The monoisotopic (exact) mass is 575 g/mol. The Hall–Kier alpha value is -4.02. The number of amides is 1. The lowest BCUT2D eigenvalue weighted by molar-refractivity contribution is -0.130. The van der Waals surface area contributed by atoms with E-state index in [4.69, 9.17) is 9.84 Å². The van der Waals surface area contributed by atoms with Gasteiger partial charge in [0.15, 0.2) is 6.23 Å². The summed E-state index contributed by atoms with van der Waals surface area (Å²) in [6.07, 6.45) is 1.07. The highest BCUT2D eigenvalue weighted by atomic mass is 79.9. The highest BCUT2D eigenvalue weighted by Crippen LogP contribution is 2.37. The number of nitrogens with zero attached hydrogens (tertiary/aromatic N) is 3. The number of H-pyrrole nitrogens is 2. The number of hydrogen-bond donors (Lipinski definition) is 2. The summed E-state index contributed by atoms with van der Waals surface area (Å²) in [4.78, 5) is 32.0. The minimum atomic E-state index is -0.718. The molecule has 3 aromatic carbocycles. The Balaban J connectivity index is 1.36.